The van der Waals surface area contributed by atoms with Crippen molar-refractivity contribution < 1.29 is 4.39 Å². The molecule has 8 nitrogen and oxygen atoms in total. The molecule has 1 unspecified atom stereocenters. The van der Waals surface area contributed by atoms with E-state index >= 15 is 0 Å². The molecule has 0 saturated carbocycles. The number of pyridine rings is 1. The fourth-order valence-corrected chi connectivity index (χ4v) is 5.52. The van der Waals surface area contributed by atoms with Gasteiger partial charge < -0.3 is 10.6 Å². The number of anilines is 1. The molecule has 39 heavy (non-hydrogen) atoms. The lowest BCUT2D eigenvalue weighted by atomic mass is 10.1. The lowest BCUT2D eigenvalue weighted by molar-refractivity contribution is 0.501. The lowest BCUT2D eigenvalue weighted by Gasteiger charge is -2.33. The molecule has 0 amide bonds. The third-order valence-corrected chi connectivity index (χ3v) is 7.31. The van der Waals surface area contributed by atoms with Crippen LogP contribution in [0.15, 0.2) is 65.8 Å². The third-order valence-electron chi connectivity index (χ3n) is 7.01. The van der Waals surface area contributed by atoms with Crippen molar-refractivity contribution in [2.45, 2.75) is 25.4 Å². The van der Waals surface area contributed by atoms with E-state index in [4.69, 9.17) is 17.3 Å². The van der Waals surface area contributed by atoms with E-state index in [1.54, 1.807) is 10.8 Å². The minimum absolute atomic E-state index is 0. The highest BCUT2D eigenvalue weighted by Gasteiger charge is 2.30. The van der Waals surface area contributed by atoms with E-state index in [1.807, 2.05) is 35.2 Å². The van der Waals surface area contributed by atoms with Crippen LogP contribution in [0.3, 0.4) is 0 Å². The summed E-state index contributed by atoms with van der Waals surface area (Å²) in [5.41, 5.74) is 7.70. The first kappa shape index (κ1) is 26.6. The van der Waals surface area contributed by atoms with Gasteiger partial charge in [0.1, 0.15) is 34.3 Å². The second-order valence-electron chi connectivity index (χ2n) is 9.44. The summed E-state index contributed by atoms with van der Waals surface area (Å²) in [7, 11) is 0. The maximum absolute atomic E-state index is 14.1. The first-order chi connectivity index (χ1) is 18.5. The van der Waals surface area contributed by atoms with Crippen molar-refractivity contribution in [2.75, 3.05) is 18.0 Å². The summed E-state index contributed by atoms with van der Waals surface area (Å²) < 4.78 is 17.1. The van der Waals surface area contributed by atoms with Crippen LogP contribution in [0.2, 0.25) is 5.02 Å². The van der Waals surface area contributed by atoms with Crippen LogP contribution in [-0.2, 0) is 6.54 Å². The fourth-order valence-electron chi connectivity index (χ4n) is 5.27. The molecule has 0 bridgehead atoms. The number of piperidine rings is 1. The Hall–Kier alpha value is -3.97. The Morgan fingerprint density at radius 3 is 2.77 bits per heavy atom. The van der Waals surface area contributed by atoms with Crippen LogP contribution in [0, 0.1) is 17.1 Å². The van der Waals surface area contributed by atoms with Crippen LogP contribution in [0.1, 0.15) is 24.1 Å². The van der Waals surface area contributed by atoms with Crippen molar-refractivity contribution >= 4 is 51.6 Å². The van der Waals surface area contributed by atoms with Gasteiger partial charge in [-0.15, -0.1) is 12.4 Å². The number of nitrogens with zero attached hydrogens (tertiary/aromatic N) is 6. The van der Waals surface area contributed by atoms with Crippen LogP contribution in [-0.4, -0.2) is 38.2 Å². The minimum Gasteiger partial charge on any atom is -0.355 e. The van der Waals surface area contributed by atoms with Gasteiger partial charge in [-0.05, 0) is 42.5 Å². The Kier molecular flexibility index (Phi) is 7.28. The summed E-state index contributed by atoms with van der Waals surface area (Å²) >= 11 is 6.52. The highest BCUT2D eigenvalue weighted by Crippen LogP contribution is 2.36. The molecule has 0 radical (unpaired) electrons. The maximum atomic E-state index is 14.1. The summed E-state index contributed by atoms with van der Waals surface area (Å²) in [6.07, 6.45) is 4.84. The van der Waals surface area contributed by atoms with Gasteiger partial charge in [-0.1, -0.05) is 35.9 Å². The van der Waals surface area contributed by atoms with E-state index in [0.717, 1.165) is 23.6 Å². The quantitative estimate of drug-likeness (QED) is 0.336. The Morgan fingerprint density at radius 1 is 1.18 bits per heavy atom. The molecule has 6 rings (SSSR count). The van der Waals surface area contributed by atoms with Crippen molar-refractivity contribution in [1.82, 2.24) is 19.1 Å². The molecule has 1 saturated heterocycles. The van der Waals surface area contributed by atoms with Crippen LogP contribution in [0.25, 0.3) is 27.5 Å². The minimum atomic E-state index is -0.505. The summed E-state index contributed by atoms with van der Waals surface area (Å²) in [4.78, 5) is 25.2. The molecule has 4 heterocycles. The number of benzene rings is 2. The van der Waals surface area contributed by atoms with E-state index in [-0.39, 0.29) is 52.2 Å². The van der Waals surface area contributed by atoms with Crippen LogP contribution < -0.4 is 16.2 Å². The molecule has 3 aromatic heterocycles. The molecule has 0 aliphatic carbocycles. The normalized spacial score (nSPS) is 15.3. The molecule has 2 aromatic carbocycles. The smallest absolute Gasteiger partial charge is 0.278 e. The number of nitriles is 1. The van der Waals surface area contributed by atoms with Crippen LogP contribution in [0.4, 0.5) is 10.2 Å². The Bertz CT molecular complexity index is 1810. The van der Waals surface area contributed by atoms with Crippen molar-refractivity contribution in [3.8, 4) is 11.8 Å². The van der Waals surface area contributed by atoms with Gasteiger partial charge in [0.2, 0.25) is 0 Å². The molecule has 0 spiro atoms. The van der Waals surface area contributed by atoms with Gasteiger partial charge in [-0.2, -0.15) is 5.26 Å². The topological polar surface area (TPSA) is 106 Å². The van der Waals surface area contributed by atoms with Gasteiger partial charge in [0.05, 0.1) is 29.3 Å². The number of hydrogen-bond acceptors (Lipinski definition) is 6. The van der Waals surface area contributed by atoms with Gasteiger partial charge in [-0.3, -0.25) is 18.9 Å². The van der Waals surface area contributed by atoms with Crippen molar-refractivity contribution in [2.24, 2.45) is 5.73 Å². The van der Waals surface area contributed by atoms with E-state index in [1.165, 1.54) is 29.1 Å². The number of hydrogen-bond donors (Lipinski definition) is 1. The molecule has 1 aliphatic heterocycles. The van der Waals surface area contributed by atoms with Gasteiger partial charge in [0, 0.05) is 30.7 Å². The maximum Gasteiger partial charge on any atom is 0.278 e. The molecule has 1 fully saturated rings. The number of nitrogens with two attached hydrogens (primary N) is 1. The zero-order chi connectivity index (χ0) is 26.4. The zero-order valence-corrected chi connectivity index (χ0v) is 22.3. The highest BCUT2D eigenvalue weighted by molar-refractivity contribution is 6.32. The third kappa shape index (κ3) is 4.61. The van der Waals surface area contributed by atoms with Crippen molar-refractivity contribution in [1.29, 1.82) is 5.26 Å². The number of aromatic nitrogens is 4. The molecule has 1 aliphatic rings. The average Bonchev–Trinajstić information content (AvgIpc) is 3.25. The van der Waals surface area contributed by atoms with Crippen molar-refractivity contribution in [3.63, 3.8) is 0 Å². The number of halogens is 3. The second kappa shape index (κ2) is 10.7. The standard InChI is InChI=1S/C28H23ClFN7O.ClH/c29-22-12-18(30)7-8-24(22)37-26-25(21(13-31)27(37)35-11-3-5-19(32)14-35)34-16-36(28(26)38)15-23-20-6-2-1-4-17(20)9-10-33-23;/h1-2,4,6-10,12,16,19H,3,5,11,14-15,32H2;1H. The van der Waals surface area contributed by atoms with E-state index < -0.39 is 5.82 Å². The zero-order valence-electron chi connectivity index (χ0n) is 20.7. The molecule has 198 valence electrons. The average molecular weight is 564 g/mol. The predicted molar refractivity (Wildman–Crippen MR) is 153 cm³/mol. The monoisotopic (exact) mass is 563 g/mol. The SMILES string of the molecule is Cl.N#Cc1c(N2CCCC(N)C2)n(-c2ccc(F)cc2Cl)c2c(=O)n(Cc3nccc4ccccc34)cnc12. The molecule has 1 atom stereocenters. The summed E-state index contributed by atoms with van der Waals surface area (Å²) in [5, 5.41) is 12.3. The number of rotatable bonds is 4. The van der Waals surface area contributed by atoms with E-state index in [9.17, 15) is 14.4 Å². The largest absolute Gasteiger partial charge is 0.355 e. The highest BCUT2D eigenvalue weighted by atomic mass is 35.5. The Labute approximate surface area is 234 Å². The lowest BCUT2D eigenvalue weighted by Crippen LogP contribution is -2.43. The first-order valence-electron chi connectivity index (χ1n) is 12.3. The molecular weight excluding hydrogens is 540 g/mol. The molecular formula is C28H24Cl2FN7O. The van der Waals surface area contributed by atoms with Gasteiger partial charge in [-0.25, -0.2) is 9.37 Å². The van der Waals surface area contributed by atoms with E-state index in [2.05, 4.69) is 16.0 Å². The Morgan fingerprint density at radius 2 is 2.00 bits per heavy atom. The second-order valence-corrected chi connectivity index (χ2v) is 9.85. The summed E-state index contributed by atoms with van der Waals surface area (Å²) in [6.45, 7) is 1.32. The van der Waals surface area contributed by atoms with Gasteiger partial charge >= 0.3 is 0 Å². The summed E-state index contributed by atoms with van der Waals surface area (Å²) in [5.74, 6) is -0.0216. The molecule has 11 heteroatoms. The number of fused-ring (bicyclic) bond motifs is 2. The Balaban J connectivity index is 0.00000308. The van der Waals surface area contributed by atoms with Gasteiger partial charge in [0.15, 0.2) is 0 Å². The van der Waals surface area contributed by atoms with E-state index in [0.29, 0.717) is 30.3 Å². The van der Waals surface area contributed by atoms with Crippen molar-refractivity contribution in [3.05, 3.63) is 93.5 Å². The first-order valence-corrected chi connectivity index (χ1v) is 12.7. The fraction of sp³-hybridized carbons (Fsp3) is 0.214. The van der Waals surface area contributed by atoms with Crippen LogP contribution >= 0.6 is 24.0 Å². The molecule has 5 aromatic rings. The van der Waals surface area contributed by atoms with Crippen LogP contribution in [0.5, 0.6) is 0 Å². The predicted octanol–water partition coefficient (Wildman–Crippen LogP) is 4.80. The summed E-state index contributed by atoms with van der Waals surface area (Å²) in [6, 6.07) is 15.9. The van der Waals surface area contributed by atoms with Gasteiger partial charge in [0.25, 0.3) is 5.56 Å². The molecule has 2 N–H and O–H groups in total.